The molecule has 2 rings (SSSR count). The molecule has 0 bridgehead atoms. The van der Waals surface area contributed by atoms with Crippen molar-refractivity contribution < 1.29 is 14.7 Å². The van der Waals surface area contributed by atoms with Crippen molar-refractivity contribution in [3.05, 3.63) is 45.9 Å². The molecule has 0 unspecified atom stereocenters. The van der Waals surface area contributed by atoms with Crippen molar-refractivity contribution in [3.8, 4) is 0 Å². The molecule has 19 heavy (non-hydrogen) atoms. The van der Waals surface area contributed by atoms with Crippen molar-refractivity contribution in [2.24, 2.45) is 0 Å². The number of carboxylic acid groups (broad SMARTS) is 1. The molecule has 2 aromatic rings. The molecule has 0 aliphatic carbocycles. The summed E-state index contributed by atoms with van der Waals surface area (Å²) in [5.74, 6) is -1.24. The van der Waals surface area contributed by atoms with Crippen LogP contribution in [0.4, 0.5) is 0 Å². The monoisotopic (exact) mass is 278 g/mol. The van der Waals surface area contributed by atoms with E-state index in [0.717, 1.165) is 11.1 Å². The number of nitrogens with one attached hydrogen (secondary N) is 1. The Hall–Kier alpha value is -2.08. The van der Waals surface area contributed by atoms with Gasteiger partial charge in [-0.1, -0.05) is 0 Å². The number of carboxylic acids is 1. The maximum absolute atomic E-state index is 11.8. The molecule has 0 aromatic carbocycles. The molecule has 0 radical (unpaired) electrons. The summed E-state index contributed by atoms with van der Waals surface area (Å²) in [6.45, 7) is 2.47. The highest BCUT2D eigenvalue weighted by molar-refractivity contribution is 7.08. The van der Waals surface area contributed by atoms with Crippen molar-refractivity contribution in [2.45, 2.75) is 20.0 Å². The zero-order valence-corrected chi connectivity index (χ0v) is 11.2. The van der Waals surface area contributed by atoms with Gasteiger partial charge >= 0.3 is 5.97 Å². The molecule has 0 fully saturated rings. The maximum Gasteiger partial charge on any atom is 0.352 e. The molecule has 5 nitrogen and oxygen atoms in total. The number of aromatic nitrogens is 1. The van der Waals surface area contributed by atoms with E-state index in [1.165, 1.54) is 10.6 Å². The molecule has 0 aliphatic rings. The quantitative estimate of drug-likeness (QED) is 0.877. The molecule has 2 N–H and O–H groups in total. The summed E-state index contributed by atoms with van der Waals surface area (Å²) in [4.78, 5) is 22.7. The highest BCUT2D eigenvalue weighted by Gasteiger charge is 2.11. The molecule has 100 valence electrons. The van der Waals surface area contributed by atoms with Crippen LogP contribution in [0.1, 0.15) is 21.6 Å². The van der Waals surface area contributed by atoms with Gasteiger partial charge in [0, 0.05) is 12.7 Å². The lowest BCUT2D eigenvalue weighted by atomic mass is 10.2. The molecule has 0 spiro atoms. The lowest BCUT2D eigenvalue weighted by molar-refractivity contribution is -0.121. The third kappa shape index (κ3) is 3.23. The van der Waals surface area contributed by atoms with E-state index in [9.17, 15) is 9.59 Å². The minimum atomic E-state index is -1.04. The molecule has 0 saturated heterocycles. The van der Waals surface area contributed by atoms with Crippen LogP contribution in [0.15, 0.2) is 29.1 Å². The van der Waals surface area contributed by atoms with Crippen LogP contribution >= 0.6 is 11.3 Å². The number of nitrogens with zero attached hydrogens (tertiary/aromatic N) is 1. The molecule has 2 heterocycles. The van der Waals surface area contributed by atoms with Crippen LogP contribution in [-0.4, -0.2) is 21.6 Å². The first kappa shape index (κ1) is 13.4. The SMILES string of the molecule is Cc1cscc1CNC(=O)Cn1cccc1C(=O)O. The Morgan fingerprint density at radius 2 is 2.21 bits per heavy atom. The Balaban J connectivity index is 1.93. The standard InChI is InChI=1S/C13H14N2O3S/c1-9-7-19-8-10(9)5-14-12(16)6-15-4-2-3-11(15)13(17)18/h2-4,7-8H,5-6H2,1H3,(H,14,16)(H,17,18). The van der Waals surface area contributed by atoms with E-state index in [1.54, 1.807) is 23.6 Å². The third-order valence-corrected chi connectivity index (χ3v) is 3.71. The number of carbonyl (C=O) groups excluding carboxylic acids is 1. The van der Waals surface area contributed by atoms with Crippen LogP contribution in [0.3, 0.4) is 0 Å². The summed E-state index contributed by atoms with van der Waals surface area (Å²) >= 11 is 1.60. The second kappa shape index (κ2) is 5.71. The number of aryl methyl sites for hydroxylation is 1. The summed E-state index contributed by atoms with van der Waals surface area (Å²) < 4.78 is 1.41. The first-order chi connectivity index (χ1) is 9.08. The van der Waals surface area contributed by atoms with E-state index >= 15 is 0 Å². The normalized spacial score (nSPS) is 10.4. The van der Waals surface area contributed by atoms with Crippen LogP contribution in [0.5, 0.6) is 0 Å². The Bertz CT molecular complexity index is 601. The van der Waals surface area contributed by atoms with Crippen molar-refractivity contribution >= 4 is 23.2 Å². The molecule has 6 heteroatoms. The van der Waals surface area contributed by atoms with Crippen molar-refractivity contribution in [1.82, 2.24) is 9.88 Å². The Kier molecular flexibility index (Phi) is 4.01. The first-order valence-electron chi connectivity index (χ1n) is 5.74. The molecule has 0 saturated carbocycles. The van der Waals surface area contributed by atoms with E-state index < -0.39 is 5.97 Å². The second-order valence-electron chi connectivity index (χ2n) is 4.18. The summed E-state index contributed by atoms with van der Waals surface area (Å²) in [6, 6.07) is 3.08. The van der Waals surface area contributed by atoms with E-state index in [2.05, 4.69) is 5.32 Å². The van der Waals surface area contributed by atoms with E-state index in [4.69, 9.17) is 5.11 Å². The number of amides is 1. The fourth-order valence-electron chi connectivity index (χ4n) is 1.72. The minimum Gasteiger partial charge on any atom is -0.477 e. The number of aromatic carboxylic acids is 1. The third-order valence-electron chi connectivity index (χ3n) is 2.80. The van der Waals surface area contributed by atoms with Crippen LogP contribution in [0.2, 0.25) is 0 Å². The van der Waals surface area contributed by atoms with Crippen LogP contribution in [0, 0.1) is 6.92 Å². The van der Waals surface area contributed by atoms with E-state index in [0.29, 0.717) is 6.54 Å². The fourth-order valence-corrected chi connectivity index (χ4v) is 2.58. The number of rotatable bonds is 5. The lowest BCUT2D eigenvalue weighted by Gasteiger charge is -2.07. The van der Waals surface area contributed by atoms with Gasteiger partial charge in [0.15, 0.2) is 0 Å². The van der Waals surface area contributed by atoms with Gasteiger partial charge in [-0.15, -0.1) is 0 Å². The van der Waals surface area contributed by atoms with Crippen LogP contribution in [0.25, 0.3) is 0 Å². The number of hydrogen-bond donors (Lipinski definition) is 2. The van der Waals surface area contributed by atoms with Crippen molar-refractivity contribution in [2.75, 3.05) is 0 Å². The first-order valence-corrected chi connectivity index (χ1v) is 6.69. The summed E-state index contributed by atoms with van der Waals surface area (Å²) in [5.41, 5.74) is 2.35. The van der Waals surface area contributed by atoms with Crippen molar-refractivity contribution in [1.29, 1.82) is 0 Å². The lowest BCUT2D eigenvalue weighted by Crippen LogP contribution is -2.28. The predicted octanol–water partition coefficient (Wildman–Crippen LogP) is 1.87. The smallest absolute Gasteiger partial charge is 0.352 e. The van der Waals surface area contributed by atoms with Gasteiger partial charge in [0.1, 0.15) is 12.2 Å². The van der Waals surface area contributed by atoms with Crippen LogP contribution < -0.4 is 5.32 Å². The number of hydrogen-bond acceptors (Lipinski definition) is 3. The zero-order chi connectivity index (χ0) is 13.8. The molecular weight excluding hydrogens is 264 g/mol. The maximum atomic E-state index is 11.8. The minimum absolute atomic E-state index is 0.0117. The second-order valence-corrected chi connectivity index (χ2v) is 4.93. The van der Waals surface area contributed by atoms with Gasteiger partial charge in [0.2, 0.25) is 5.91 Å². The molecule has 2 aromatic heterocycles. The molecule has 1 amide bonds. The summed E-state index contributed by atoms with van der Waals surface area (Å²) in [6.07, 6.45) is 1.58. The van der Waals surface area contributed by atoms with Gasteiger partial charge in [0.05, 0.1) is 0 Å². The average Bonchev–Trinajstić information content (AvgIpc) is 2.95. The van der Waals surface area contributed by atoms with Gasteiger partial charge in [-0.3, -0.25) is 4.79 Å². The van der Waals surface area contributed by atoms with Gasteiger partial charge in [-0.05, 0) is 40.9 Å². The molecule has 0 atom stereocenters. The number of carbonyl (C=O) groups is 2. The largest absolute Gasteiger partial charge is 0.477 e. The summed E-state index contributed by atoms with van der Waals surface area (Å²) in [7, 11) is 0. The highest BCUT2D eigenvalue weighted by atomic mass is 32.1. The van der Waals surface area contributed by atoms with Gasteiger partial charge in [-0.2, -0.15) is 11.3 Å². The molecule has 0 aliphatic heterocycles. The number of thiophene rings is 1. The summed E-state index contributed by atoms with van der Waals surface area (Å²) in [5, 5.41) is 15.7. The van der Waals surface area contributed by atoms with Crippen molar-refractivity contribution in [3.63, 3.8) is 0 Å². The Morgan fingerprint density at radius 3 is 2.84 bits per heavy atom. The van der Waals surface area contributed by atoms with Crippen LogP contribution in [-0.2, 0) is 17.9 Å². The highest BCUT2D eigenvalue weighted by Crippen LogP contribution is 2.13. The Morgan fingerprint density at radius 1 is 1.42 bits per heavy atom. The van der Waals surface area contributed by atoms with E-state index in [1.807, 2.05) is 17.7 Å². The predicted molar refractivity (Wildman–Crippen MR) is 72.3 cm³/mol. The fraction of sp³-hybridized carbons (Fsp3) is 0.231. The Labute approximate surface area is 114 Å². The molecular formula is C13H14N2O3S. The van der Waals surface area contributed by atoms with Gasteiger partial charge < -0.3 is 15.0 Å². The zero-order valence-electron chi connectivity index (χ0n) is 10.4. The van der Waals surface area contributed by atoms with E-state index in [-0.39, 0.29) is 18.1 Å². The topological polar surface area (TPSA) is 71.3 Å². The van der Waals surface area contributed by atoms with Gasteiger partial charge in [0.25, 0.3) is 0 Å². The average molecular weight is 278 g/mol. The van der Waals surface area contributed by atoms with Gasteiger partial charge in [-0.25, -0.2) is 4.79 Å².